The lowest BCUT2D eigenvalue weighted by molar-refractivity contribution is -0.143. The van der Waals surface area contributed by atoms with E-state index in [0.29, 0.717) is 10.9 Å². The Kier molecular flexibility index (Phi) is 5.02. The second-order valence-electron chi connectivity index (χ2n) is 4.25. The highest BCUT2D eigenvalue weighted by Gasteiger charge is 2.22. The number of aliphatic hydroxyl groups is 1. The summed E-state index contributed by atoms with van der Waals surface area (Å²) >= 11 is 6.76. The number of carbonyl (C=O) groups is 2. The van der Waals surface area contributed by atoms with Crippen LogP contribution in [0.4, 0.5) is 0 Å². The number of methoxy groups -OCH3 is 1. The van der Waals surface area contributed by atoms with Crippen LogP contribution in [0.3, 0.4) is 0 Å². The minimum absolute atomic E-state index is 0.376. The lowest BCUT2D eigenvalue weighted by Crippen LogP contribution is -2.44. The molecule has 1 aromatic heterocycles. The Morgan fingerprint density at radius 3 is 2.67 bits per heavy atom. The number of hydrogen-bond donors (Lipinski definition) is 3. The molecule has 2 rings (SSSR count). The van der Waals surface area contributed by atoms with E-state index in [2.05, 4.69) is 46.9 Å². The predicted molar refractivity (Wildman–Crippen MR) is 84.1 cm³/mol. The van der Waals surface area contributed by atoms with Crippen LogP contribution < -0.4 is 5.32 Å². The molecule has 2 aromatic rings. The largest absolute Gasteiger partial charge is 0.467 e. The van der Waals surface area contributed by atoms with E-state index in [1.165, 1.54) is 7.11 Å². The van der Waals surface area contributed by atoms with Crippen LogP contribution in [-0.4, -0.2) is 41.7 Å². The number of esters is 1. The molecule has 1 amide bonds. The molecule has 0 aliphatic carbocycles. The molecule has 8 heteroatoms. The van der Waals surface area contributed by atoms with Crippen molar-refractivity contribution >= 4 is 54.6 Å². The summed E-state index contributed by atoms with van der Waals surface area (Å²) in [6.07, 6.45) is 1.55. The summed E-state index contributed by atoms with van der Waals surface area (Å²) in [4.78, 5) is 26.6. The Morgan fingerprint density at radius 1 is 1.38 bits per heavy atom. The van der Waals surface area contributed by atoms with E-state index in [-0.39, 0.29) is 0 Å². The second-order valence-corrected chi connectivity index (χ2v) is 5.95. The number of benzene rings is 1. The molecule has 3 N–H and O–H groups in total. The van der Waals surface area contributed by atoms with Gasteiger partial charge in [0.2, 0.25) is 0 Å². The number of ether oxygens (including phenoxy) is 1. The Morgan fingerprint density at radius 2 is 2.05 bits per heavy atom. The van der Waals surface area contributed by atoms with E-state index >= 15 is 0 Å². The van der Waals surface area contributed by atoms with Gasteiger partial charge in [-0.15, -0.1) is 0 Å². The molecule has 0 spiro atoms. The first-order chi connectivity index (χ1) is 9.97. The number of amides is 1. The van der Waals surface area contributed by atoms with Gasteiger partial charge in [0.1, 0.15) is 0 Å². The number of rotatable bonds is 4. The molecular weight excluding hydrogens is 408 g/mol. The number of H-pyrrole nitrogens is 1. The Balaban J connectivity index is 2.31. The molecule has 21 heavy (non-hydrogen) atoms. The number of aliphatic hydroxyl groups excluding tert-OH is 1. The van der Waals surface area contributed by atoms with Crippen LogP contribution in [0.25, 0.3) is 10.9 Å². The smallest absolute Gasteiger partial charge is 0.330 e. The third-order valence-corrected chi connectivity index (χ3v) is 4.79. The van der Waals surface area contributed by atoms with Crippen LogP contribution >= 0.6 is 31.9 Å². The molecule has 1 heterocycles. The monoisotopic (exact) mass is 418 g/mol. The molecule has 0 aliphatic heterocycles. The van der Waals surface area contributed by atoms with Crippen molar-refractivity contribution in [3.05, 3.63) is 32.8 Å². The van der Waals surface area contributed by atoms with E-state index in [1.807, 2.05) is 6.07 Å². The molecule has 1 aromatic carbocycles. The summed E-state index contributed by atoms with van der Waals surface area (Å²) < 4.78 is 6.16. The zero-order valence-corrected chi connectivity index (χ0v) is 14.1. The van der Waals surface area contributed by atoms with Crippen LogP contribution in [0.1, 0.15) is 10.4 Å². The summed E-state index contributed by atoms with van der Waals surface area (Å²) in [7, 11) is 1.19. The van der Waals surface area contributed by atoms with Gasteiger partial charge in [0.25, 0.3) is 5.91 Å². The first kappa shape index (κ1) is 16.0. The highest BCUT2D eigenvalue weighted by Crippen LogP contribution is 2.30. The molecule has 1 unspecified atom stereocenters. The fourth-order valence-electron chi connectivity index (χ4n) is 1.86. The first-order valence-electron chi connectivity index (χ1n) is 5.93. The van der Waals surface area contributed by atoms with Gasteiger partial charge in [0.15, 0.2) is 6.04 Å². The van der Waals surface area contributed by atoms with Crippen LogP contribution in [0.2, 0.25) is 0 Å². The van der Waals surface area contributed by atoms with Crippen molar-refractivity contribution in [2.24, 2.45) is 0 Å². The highest BCUT2D eigenvalue weighted by molar-refractivity contribution is 9.13. The molecule has 0 radical (unpaired) electrons. The number of fused-ring (bicyclic) bond motifs is 1. The second kappa shape index (κ2) is 6.59. The first-order valence-corrected chi connectivity index (χ1v) is 7.52. The standard InChI is InChI=1S/C13H12Br2N2O4/c1-21-13(20)11(5-18)17-12(19)7-4-16-10-3-9(15)8(14)2-6(7)10/h2-4,11,16,18H,5H2,1H3,(H,17,19). The van der Waals surface area contributed by atoms with Gasteiger partial charge in [-0.25, -0.2) is 4.79 Å². The summed E-state index contributed by atoms with van der Waals surface area (Å²) in [5.74, 6) is -1.17. The number of carbonyl (C=O) groups excluding carboxylic acids is 2. The van der Waals surface area contributed by atoms with E-state index in [1.54, 1.807) is 12.3 Å². The molecule has 0 aliphatic rings. The van der Waals surface area contributed by atoms with Crippen molar-refractivity contribution in [2.45, 2.75) is 6.04 Å². The zero-order valence-electron chi connectivity index (χ0n) is 10.9. The zero-order chi connectivity index (χ0) is 15.6. The third-order valence-electron chi connectivity index (χ3n) is 2.94. The molecule has 1 atom stereocenters. The maximum atomic E-state index is 12.2. The average Bonchev–Trinajstić information content (AvgIpc) is 2.87. The Hall–Kier alpha value is -1.38. The molecule has 0 bridgehead atoms. The van der Waals surface area contributed by atoms with Gasteiger partial charge in [0, 0.05) is 26.0 Å². The topological polar surface area (TPSA) is 91.4 Å². The molecule has 0 saturated carbocycles. The van der Waals surface area contributed by atoms with Gasteiger partial charge in [-0.2, -0.15) is 0 Å². The molecule has 112 valence electrons. The van der Waals surface area contributed by atoms with Crippen molar-refractivity contribution in [2.75, 3.05) is 13.7 Å². The lowest BCUT2D eigenvalue weighted by atomic mass is 10.1. The van der Waals surface area contributed by atoms with E-state index < -0.39 is 24.5 Å². The lowest BCUT2D eigenvalue weighted by Gasteiger charge is -2.13. The van der Waals surface area contributed by atoms with Crippen molar-refractivity contribution in [1.29, 1.82) is 0 Å². The fraction of sp³-hybridized carbons (Fsp3) is 0.231. The number of halogens is 2. The van der Waals surface area contributed by atoms with Crippen molar-refractivity contribution < 1.29 is 19.4 Å². The summed E-state index contributed by atoms with van der Waals surface area (Å²) in [5.41, 5.74) is 1.15. The minimum atomic E-state index is -1.09. The number of nitrogens with one attached hydrogen (secondary N) is 2. The highest BCUT2D eigenvalue weighted by atomic mass is 79.9. The fourth-order valence-corrected chi connectivity index (χ4v) is 2.55. The Labute approximate surface area is 137 Å². The number of aromatic nitrogens is 1. The van der Waals surface area contributed by atoms with Gasteiger partial charge in [-0.05, 0) is 44.0 Å². The third kappa shape index (κ3) is 3.28. The predicted octanol–water partition coefficient (Wildman–Crippen LogP) is 1.96. The van der Waals surface area contributed by atoms with Gasteiger partial charge in [-0.1, -0.05) is 0 Å². The van der Waals surface area contributed by atoms with Crippen molar-refractivity contribution in [3.63, 3.8) is 0 Å². The maximum absolute atomic E-state index is 12.2. The van der Waals surface area contributed by atoms with Gasteiger partial charge in [-0.3, -0.25) is 4.79 Å². The summed E-state index contributed by atoms with van der Waals surface area (Å²) in [6.45, 7) is -0.532. The van der Waals surface area contributed by atoms with Crippen LogP contribution in [0.15, 0.2) is 27.3 Å². The van der Waals surface area contributed by atoms with Crippen molar-refractivity contribution in [1.82, 2.24) is 10.3 Å². The molecule has 6 nitrogen and oxygen atoms in total. The normalized spacial score (nSPS) is 12.2. The van der Waals surface area contributed by atoms with Crippen LogP contribution in [0, 0.1) is 0 Å². The van der Waals surface area contributed by atoms with E-state index in [9.17, 15) is 9.59 Å². The summed E-state index contributed by atoms with van der Waals surface area (Å²) in [6, 6.07) is 2.53. The molecular formula is C13H12Br2N2O4. The number of hydrogen-bond acceptors (Lipinski definition) is 4. The molecule has 0 fully saturated rings. The SMILES string of the molecule is COC(=O)C(CO)NC(=O)c1c[nH]c2cc(Br)c(Br)cc12. The van der Waals surface area contributed by atoms with E-state index in [4.69, 9.17) is 5.11 Å². The van der Waals surface area contributed by atoms with Gasteiger partial charge >= 0.3 is 5.97 Å². The quantitative estimate of drug-likeness (QED) is 0.660. The van der Waals surface area contributed by atoms with E-state index in [0.717, 1.165) is 14.5 Å². The average molecular weight is 420 g/mol. The number of aromatic amines is 1. The van der Waals surface area contributed by atoms with Gasteiger partial charge < -0.3 is 20.1 Å². The van der Waals surface area contributed by atoms with Gasteiger partial charge in [0.05, 0.1) is 19.3 Å². The van der Waals surface area contributed by atoms with Crippen LogP contribution in [-0.2, 0) is 9.53 Å². The molecule has 0 saturated heterocycles. The van der Waals surface area contributed by atoms with Crippen molar-refractivity contribution in [3.8, 4) is 0 Å². The Bertz CT molecular complexity index is 699. The minimum Gasteiger partial charge on any atom is -0.467 e. The summed E-state index contributed by atoms with van der Waals surface area (Å²) in [5, 5.41) is 12.3. The van der Waals surface area contributed by atoms with Crippen LogP contribution in [0.5, 0.6) is 0 Å². The maximum Gasteiger partial charge on any atom is 0.330 e.